The number of carbonyl (C=O) groups excluding carboxylic acids is 1. The Balaban J connectivity index is 2.07. The lowest BCUT2D eigenvalue weighted by atomic mass is 9.93. The Labute approximate surface area is 120 Å². The summed E-state index contributed by atoms with van der Waals surface area (Å²) in [6.07, 6.45) is 2.01. The molecule has 2 N–H and O–H groups in total. The van der Waals surface area contributed by atoms with E-state index in [0.29, 0.717) is 36.8 Å². The third-order valence-corrected chi connectivity index (χ3v) is 3.61. The molecule has 1 fully saturated rings. The SMILES string of the molecule is CC1(OC(N)=O)CCN(c2nc(Cl)ncc2Cl)CC1. The topological polar surface area (TPSA) is 81.3 Å². The normalized spacial score (nSPS) is 18.2. The van der Waals surface area contributed by atoms with Gasteiger partial charge in [0.15, 0.2) is 5.82 Å². The van der Waals surface area contributed by atoms with Crippen LogP contribution in [0.1, 0.15) is 19.8 Å². The number of ether oxygens (including phenoxy) is 1. The molecule has 1 aliphatic heterocycles. The summed E-state index contributed by atoms with van der Waals surface area (Å²) in [6, 6.07) is 0. The van der Waals surface area contributed by atoms with E-state index in [9.17, 15) is 4.79 Å². The molecule has 0 aliphatic carbocycles. The van der Waals surface area contributed by atoms with Crippen molar-refractivity contribution in [2.75, 3.05) is 18.0 Å². The van der Waals surface area contributed by atoms with Crippen LogP contribution in [-0.2, 0) is 4.74 Å². The highest BCUT2D eigenvalue weighted by molar-refractivity contribution is 6.33. The van der Waals surface area contributed by atoms with Crippen molar-refractivity contribution in [1.29, 1.82) is 0 Å². The predicted molar refractivity (Wildman–Crippen MR) is 72.6 cm³/mol. The van der Waals surface area contributed by atoms with Gasteiger partial charge in [0, 0.05) is 25.9 Å². The number of hydrogen-bond donors (Lipinski definition) is 1. The average Bonchev–Trinajstić information content (AvgIpc) is 2.32. The van der Waals surface area contributed by atoms with Crippen LogP contribution in [0.25, 0.3) is 0 Å². The van der Waals surface area contributed by atoms with E-state index in [1.807, 2.05) is 11.8 Å². The van der Waals surface area contributed by atoms with Crippen LogP contribution in [0.5, 0.6) is 0 Å². The summed E-state index contributed by atoms with van der Waals surface area (Å²) in [5, 5.41) is 0.602. The maximum atomic E-state index is 10.9. The number of amides is 1. The van der Waals surface area contributed by atoms with Crippen LogP contribution < -0.4 is 10.6 Å². The van der Waals surface area contributed by atoms with Gasteiger partial charge in [-0.05, 0) is 18.5 Å². The summed E-state index contributed by atoms with van der Waals surface area (Å²) in [5.41, 5.74) is 4.53. The van der Waals surface area contributed by atoms with Crippen molar-refractivity contribution < 1.29 is 9.53 Å². The quantitative estimate of drug-likeness (QED) is 0.847. The first kappa shape index (κ1) is 14.1. The monoisotopic (exact) mass is 304 g/mol. The number of nitrogens with two attached hydrogens (primary N) is 1. The molecule has 6 nitrogen and oxygen atoms in total. The molecule has 0 bridgehead atoms. The first-order valence-electron chi connectivity index (χ1n) is 5.81. The van der Waals surface area contributed by atoms with Gasteiger partial charge in [0.05, 0.1) is 6.20 Å². The van der Waals surface area contributed by atoms with Crippen molar-refractivity contribution in [3.05, 3.63) is 16.5 Å². The molecule has 1 amide bonds. The van der Waals surface area contributed by atoms with Gasteiger partial charge in [0.1, 0.15) is 10.6 Å². The van der Waals surface area contributed by atoms with E-state index in [4.69, 9.17) is 33.7 Å². The second kappa shape index (κ2) is 5.38. The maximum Gasteiger partial charge on any atom is 0.405 e. The number of piperidine rings is 1. The molecule has 2 heterocycles. The summed E-state index contributed by atoms with van der Waals surface area (Å²) < 4.78 is 5.14. The maximum absolute atomic E-state index is 10.9. The minimum atomic E-state index is -0.751. The van der Waals surface area contributed by atoms with Gasteiger partial charge in [-0.2, -0.15) is 4.98 Å². The van der Waals surface area contributed by atoms with Crippen molar-refractivity contribution in [1.82, 2.24) is 9.97 Å². The van der Waals surface area contributed by atoms with E-state index in [1.165, 1.54) is 6.20 Å². The van der Waals surface area contributed by atoms with Crippen molar-refractivity contribution >= 4 is 35.1 Å². The van der Waals surface area contributed by atoms with Gasteiger partial charge in [-0.3, -0.25) is 0 Å². The molecule has 0 radical (unpaired) electrons. The highest BCUT2D eigenvalue weighted by Gasteiger charge is 2.34. The average molecular weight is 305 g/mol. The molecule has 1 saturated heterocycles. The molecular formula is C11H14Cl2N4O2. The van der Waals surface area contributed by atoms with E-state index in [2.05, 4.69) is 9.97 Å². The van der Waals surface area contributed by atoms with Crippen LogP contribution in [0.2, 0.25) is 10.3 Å². The molecule has 1 aliphatic rings. The first-order valence-corrected chi connectivity index (χ1v) is 6.57. The Morgan fingerprint density at radius 1 is 1.47 bits per heavy atom. The number of rotatable bonds is 2. The molecule has 0 atom stereocenters. The number of hydrogen-bond acceptors (Lipinski definition) is 5. The molecular weight excluding hydrogens is 291 g/mol. The summed E-state index contributed by atoms with van der Waals surface area (Å²) in [7, 11) is 0. The van der Waals surface area contributed by atoms with Crippen LogP contribution in [-0.4, -0.2) is 34.8 Å². The highest BCUT2D eigenvalue weighted by atomic mass is 35.5. The molecule has 8 heteroatoms. The van der Waals surface area contributed by atoms with Crippen molar-refractivity contribution in [3.63, 3.8) is 0 Å². The minimum absolute atomic E-state index is 0.154. The summed E-state index contributed by atoms with van der Waals surface area (Å²) in [5.74, 6) is 0.600. The summed E-state index contributed by atoms with van der Waals surface area (Å²) in [6.45, 7) is 3.16. The van der Waals surface area contributed by atoms with E-state index >= 15 is 0 Å². The van der Waals surface area contributed by atoms with Gasteiger partial charge >= 0.3 is 6.09 Å². The van der Waals surface area contributed by atoms with Crippen LogP contribution in [0.4, 0.5) is 10.6 Å². The van der Waals surface area contributed by atoms with Crippen LogP contribution in [0, 0.1) is 0 Å². The van der Waals surface area contributed by atoms with Gasteiger partial charge in [-0.1, -0.05) is 11.6 Å². The van der Waals surface area contributed by atoms with Gasteiger partial charge in [-0.25, -0.2) is 9.78 Å². The molecule has 0 saturated carbocycles. The lowest BCUT2D eigenvalue weighted by Gasteiger charge is -2.39. The Morgan fingerprint density at radius 2 is 2.11 bits per heavy atom. The first-order chi connectivity index (χ1) is 8.89. The number of nitrogens with zero attached hydrogens (tertiary/aromatic N) is 3. The van der Waals surface area contributed by atoms with E-state index in [-0.39, 0.29) is 5.28 Å². The number of primary amides is 1. The number of carbonyl (C=O) groups is 1. The zero-order chi connectivity index (χ0) is 14.0. The smallest absolute Gasteiger partial charge is 0.405 e. The lowest BCUT2D eigenvalue weighted by molar-refractivity contribution is 0.0126. The molecule has 0 spiro atoms. The zero-order valence-corrected chi connectivity index (χ0v) is 11.9. The summed E-state index contributed by atoms with van der Waals surface area (Å²) >= 11 is 11.8. The van der Waals surface area contributed by atoms with E-state index < -0.39 is 11.7 Å². The van der Waals surface area contributed by atoms with Crippen LogP contribution in [0.3, 0.4) is 0 Å². The fourth-order valence-corrected chi connectivity index (χ4v) is 2.43. The Bertz CT molecular complexity index is 490. The fourth-order valence-electron chi connectivity index (χ4n) is 2.10. The fraction of sp³-hybridized carbons (Fsp3) is 0.545. The van der Waals surface area contributed by atoms with Crippen molar-refractivity contribution in [2.45, 2.75) is 25.4 Å². The molecule has 1 aromatic rings. The number of anilines is 1. The largest absolute Gasteiger partial charge is 0.443 e. The standard InChI is InChI=1S/C11H14Cl2N4O2/c1-11(19-10(14)18)2-4-17(5-3-11)8-7(12)6-15-9(13)16-8/h6H,2-5H2,1H3,(H2,14,18). The van der Waals surface area contributed by atoms with Crippen molar-refractivity contribution in [3.8, 4) is 0 Å². The predicted octanol–water partition coefficient (Wildman–Crippen LogP) is 2.24. The second-order valence-electron chi connectivity index (χ2n) is 4.67. The highest BCUT2D eigenvalue weighted by Crippen LogP contribution is 2.31. The molecule has 1 aromatic heterocycles. The van der Waals surface area contributed by atoms with Gasteiger partial charge in [0.25, 0.3) is 0 Å². The Hall–Kier alpha value is -1.27. The van der Waals surface area contributed by atoms with Gasteiger partial charge in [-0.15, -0.1) is 0 Å². The Kier molecular flexibility index (Phi) is 4.01. The van der Waals surface area contributed by atoms with Crippen LogP contribution >= 0.6 is 23.2 Å². The third-order valence-electron chi connectivity index (χ3n) is 3.16. The molecule has 19 heavy (non-hydrogen) atoms. The van der Waals surface area contributed by atoms with Crippen molar-refractivity contribution in [2.24, 2.45) is 5.73 Å². The van der Waals surface area contributed by atoms with Gasteiger partial charge in [0.2, 0.25) is 5.28 Å². The third kappa shape index (κ3) is 3.39. The minimum Gasteiger partial charge on any atom is -0.443 e. The molecule has 104 valence electrons. The van der Waals surface area contributed by atoms with Crippen LogP contribution in [0.15, 0.2) is 6.20 Å². The zero-order valence-electron chi connectivity index (χ0n) is 10.4. The number of halogens is 2. The molecule has 2 rings (SSSR count). The second-order valence-corrected chi connectivity index (χ2v) is 5.41. The van der Waals surface area contributed by atoms with E-state index in [1.54, 1.807) is 0 Å². The van der Waals surface area contributed by atoms with Gasteiger partial charge < -0.3 is 15.4 Å². The Morgan fingerprint density at radius 3 is 2.68 bits per heavy atom. The summed E-state index contributed by atoms with van der Waals surface area (Å²) in [4.78, 5) is 20.8. The molecule has 0 aromatic carbocycles. The van der Waals surface area contributed by atoms with E-state index in [0.717, 1.165) is 0 Å². The number of aromatic nitrogens is 2. The molecule has 0 unspecified atom stereocenters. The lowest BCUT2D eigenvalue weighted by Crippen LogP contribution is -2.46.